The van der Waals surface area contributed by atoms with Crippen LogP contribution in [0.1, 0.15) is 20.3 Å². The lowest BCUT2D eigenvalue weighted by molar-refractivity contribution is -0.123. The van der Waals surface area contributed by atoms with Gasteiger partial charge in [-0.15, -0.1) is 0 Å². The van der Waals surface area contributed by atoms with E-state index in [1.165, 1.54) is 6.92 Å². The summed E-state index contributed by atoms with van der Waals surface area (Å²) in [7, 11) is 0. The van der Waals surface area contributed by atoms with Gasteiger partial charge in [0.05, 0.1) is 23.3 Å². The second kappa shape index (κ2) is 7.34. The fraction of sp³-hybridized carbons (Fsp3) is 0.286. The molecule has 7 nitrogen and oxygen atoms in total. The van der Waals surface area contributed by atoms with E-state index in [1.54, 1.807) is 11.0 Å². The van der Waals surface area contributed by atoms with Gasteiger partial charge in [0.2, 0.25) is 11.9 Å². The van der Waals surface area contributed by atoms with E-state index in [2.05, 4.69) is 17.2 Å². The Morgan fingerprint density at radius 3 is 2.71 bits per heavy atom. The molecule has 1 atom stereocenters. The Morgan fingerprint density at radius 2 is 1.93 bits per heavy atom. The zero-order valence-electron chi connectivity index (χ0n) is 15.9. The lowest BCUT2D eigenvalue weighted by Gasteiger charge is -2.33. The number of ether oxygens (including phenoxy) is 1. The third-order valence-electron chi connectivity index (χ3n) is 4.78. The number of aryl methyl sites for hydroxylation is 1. The van der Waals surface area contributed by atoms with E-state index in [0.717, 1.165) is 24.0 Å². The number of nitrogens with zero attached hydrogens (tertiary/aromatic N) is 3. The van der Waals surface area contributed by atoms with Crippen molar-refractivity contribution < 1.29 is 14.3 Å². The quantitative estimate of drug-likeness (QED) is 0.756. The standard InChI is InChI=1S/C21H22N4O3/c1-3-12-24-16-9-5-4-8-15(16)22-21(24)23-20(27)19-13-25(14(2)26)17-10-6-7-11-18(17)28-19/h4-11,19H,3,12-13H2,1-2H3,(H,22,23,27)/t19-/m0/s1. The molecule has 0 saturated carbocycles. The van der Waals surface area contributed by atoms with Crippen LogP contribution in [0.2, 0.25) is 0 Å². The molecule has 28 heavy (non-hydrogen) atoms. The number of aromatic nitrogens is 2. The van der Waals surface area contributed by atoms with E-state index in [4.69, 9.17) is 4.74 Å². The van der Waals surface area contributed by atoms with Crippen molar-refractivity contribution in [3.8, 4) is 5.75 Å². The molecule has 3 aromatic rings. The number of hydrogen-bond acceptors (Lipinski definition) is 4. The predicted molar refractivity (Wildman–Crippen MR) is 108 cm³/mol. The second-order valence-electron chi connectivity index (χ2n) is 6.77. The van der Waals surface area contributed by atoms with Gasteiger partial charge in [0, 0.05) is 13.5 Å². The lowest BCUT2D eigenvalue weighted by Crippen LogP contribution is -2.48. The van der Waals surface area contributed by atoms with Crippen molar-refractivity contribution in [2.75, 3.05) is 16.8 Å². The molecule has 0 unspecified atom stereocenters. The fourth-order valence-electron chi connectivity index (χ4n) is 3.48. The fourth-order valence-corrected chi connectivity index (χ4v) is 3.48. The van der Waals surface area contributed by atoms with Crippen molar-refractivity contribution in [2.24, 2.45) is 0 Å². The third-order valence-corrected chi connectivity index (χ3v) is 4.78. The first-order valence-electron chi connectivity index (χ1n) is 9.38. The van der Waals surface area contributed by atoms with Crippen LogP contribution in [-0.2, 0) is 16.1 Å². The zero-order valence-corrected chi connectivity index (χ0v) is 15.9. The minimum atomic E-state index is -0.811. The molecule has 0 aliphatic carbocycles. The number of hydrogen-bond donors (Lipinski definition) is 1. The van der Waals surface area contributed by atoms with E-state index < -0.39 is 6.10 Å². The minimum absolute atomic E-state index is 0.133. The average Bonchev–Trinajstić information content (AvgIpc) is 3.04. The Morgan fingerprint density at radius 1 is 1.18 bits per heavy atom. The summed E-state index contributed by atoms with van der Waals surface area (Å²) in [4.78, 5) is 31.1. The summed E-state index contributed by atoms with van der Waals surface area (Å²) >= 11 is 0. The number of carbonyl (C=O) groups is 2. The molecule has 144 valence electrons. The van der Waals surface area contributed by atoms with Crippen LogP contribution in [0.5, 0.6) is 5.75 Å². The van der Waals surface area contributed by atoms with Crippen LogP contribution in [0.25, 0.3) is 11.0 Å². The van der Waals surface area contributed by atoms with Crippen LogP contribution in [-0.4, -0.2) is 34.0 Å². The van der Waals surface area contributed by atoms with Gasteiger partial charge < -0.3 is 14.2 Å². The van der Waals surface area contributed by atoms with Crippen molar-refractivity contribution in [3.05, 3.63) is 48.5 Å². The molecule has 0 spiro atoms. The average molecular weight is 378 g/mol. The molecule has 0 fully saturated rings. The summed E-state index contributed by atoms with van der Waals surface area (Å²) in [6.07, 6.45) is 0.1000. The van der Waals surface area contributed by atoms with Gasteiger partial charge in [-0.1, -0.05) is 31.2 Å². The molecule has 1 aromatic heterocycles. The van der Waals surface area contributed by atoms with Crippen LogP contribution in [0, 0.1) is 0 Å². The van der Waals surface area contributed by atoms with Gasteiger partial charge in [0.1, 0.15) is 5.75 Å². The van der Waals surface area contributed by atoms with Crippen molar-refractivity contribution in [3.63, 3.8) is 0 Å². The van der Waals surface area contributed by atoms with Crippen LogP contribution in [0.4, 0.5) is 11.6 Å². The number of anilines is 2. The summed E-state index contributed by atoms with van der Waals surface area (Å²) in [5.41, 5.74) is 2.48. The first-order chi connectivity index (χ1) is 13.6. The number of benzene rings is 2. The molecule has 4 rings (SSSR count). The Hall–Kier alpha value is -3.35. The van der Waals surface area contributed by atoms with Gasteiger partial charge in [-0.2, -0.15) is 0 Å². The third kappa shape index (κ3) is 3.19. The maximum atomic E-state index is 13.0. The number of para-hydroxylation sites is 4. The summed E-state index contributed by atoms with van der Waals surface area (Å²) in [6.45, 7) is 4.46. The predicted octanol–water partition coefficient (Wildman–Crippen LogP) is 3.20. The highest BCUT2D eigenvalue weighted by molar-refractivity contribution is 5.99. The van der Waals surface area contributed by atoms with E-state index in [-0.39, 0.29) is 18.4 Å². The smallest absolute Gasteiger partial charge is 0.269 e. The van der Waals surface area contributed by atoms with Crippen LogP contribution >= 0.6 is 0 Å². The molecule has 2 aromatic carbocycles. The highest BCUT2D eigenvalue weighted by Crippen LogP contribution is 2.33. The van der Waals surface area contributed by atoms with Crippen LogP contribution in [0.15, 0.2) is 48.5 Å². The molecular formula is C21H22N4O3. The molecule has 2 heterocycles. The normalized spacial score (nSPS) is 15.8. The minimum Gasteiger partial charge on any atom is -0.476 e. The zero-order chi connectivity index (χ0) is 19.7. The Labute approximate surface area is 162 Å². The molecule has 1 aliphatic heterocycles. The first kappa shape index (κ1) is 18.0. The van der Waals surface area contributed by atoms with Gasteiger partial charge in [0.25, 0.3) is 5.91 Å². The molecule has 0 bridgehead atoms. The number of carbonyl (C=O) groups excluding carboxylic acids is 2. The number of rotatable bonds is 4. The summed E-state index contributed by atoms with van der Waals surface area (Å²) in [6, 6.07) is 15.0. The molecule has 1 N–H and O–H groups in total. The Balaban J connectivity index is 1.62. The maximum absolute atomic E-state index is 13.0. The Kier molecular flexibility index (Phi) is 4.73. The van der Waals surface area contributed by atoms with Crippen molar-refractivity contribution in [2.45, 2.75) is 32.9 Å². The SMILES string of the molecule is CCCn1c(NC(=O)[C@@H]2CN(C(C)=O)c3ccccc3O2)nc2ccccc21. The van der Waals surface area contributed by atoms with Crippen LogP contribution in [0.3, 0.4) is 0 Å². The van der Waals surface area contributed by atoms with Gasteiger partial charge >= 0.3 is 0 Å². The summed E-state index contributed by atoms with van der Waals surface area (Å²) in [5, 5.41) is 2.89. The maximum Gasteiger partial charge on any atom is 0.269 e. The van der Waals surface area contributed by atoms with E-state index in [1.807, 2.05) is 47.0 Å². The summed E-state index contributed by atoms with van der Waals surface area (Å²) < 4.78 is 7.87. The van der Waals surface area contributed by atoms with E-state index in [0.29, 0.717) is 17.4 Å². The molecule has 0 saturated heterocycles. The molecule has 2 amide bonds. The highest BCUT2D eigenvalue weighted by atomic mass is 16.5. The van der Waals surface area contributed by atoms with Crippen molar-refractivity contribution >= 4 is 34.5 Å². The van der Waals surface area contributed by atoms with Gasteiger partial charge in [-0.25, -0.2) is 4.98 Å². The molecular weight excluding hydrogens is 356 g/mol. The molecule has 0 radical (unpaired) electrons. The largest absolute Gasteiger partial charge is 0.476 e. The first-order valence-corrected chi connectivity index (χ1v) is 9.38. The molecule has 1 aliphatic rings. The topological polar surface area (TPSA) is 76.5 Å². The van der Waals surface area contributed by atoms with Gasteiger partial charge in [-0.3, -0.25) is 14.9 Å². The number of imidazole rings is 1. The monoisotopic (exact) mass is 378 g/mol. The van der Waals surface area contributed by atoms with Crippen LogP contribution < -0.4 is 15.0 Å². The van der Waals surface area contributed by atoms with Gasteiger partial charge in [-0.05, 0) is 30.7 Å². The van der Waals surface area contributed by atoms with Crippen molar-refractivity contribution in [1.82, 2.24) is 9.55 Å². The van der Waals surface area contributed by atoms with Crippen molar-refractivity contribution in [1.29, 1.82) is 0 Å². The lowest BCUT2D eigenvalue weighted by atomic mass is 10.1. The highest BCUT2D eigenvalue weighted by Gasteiger charge is 2.33. The second-order valence-corrected chi connectivity index (χ2v) is 6.77. The summed E-state index contributed by atoms with van der Waals surface area (Å²) in [5.74, 6) is 0.552. The number of amides is 2. The Bertz CT molecular complexity index is 1040. The number of nitrogens with one attached hydrogen (secondary N) is 1. The molecule has 7 heteroatoms. The number of fused-ring (bicyclic) bond motifs is 2. The van der Waals surface area contributed by atoms with E-state index >= 15 is 0 Å². The van der Waals surface area contributed by atoms with Gasteiger partial charge in [0.15, 0.2) is 6.10 Å². The van der Waals surface area contributed by atoms with E-state index in [9.17, 15) is 9.59 Å².